The Morgan fingerprint density at radius 3 is 2.52 bits per heavy atom. The molecule has 7 heteroatoms. The Balaban J connectivity index is 1.67. The van der Waals surface area contributed by atoms with Crippen LogP contribution in [0.4, 0.5) is 5.69 Å². The highest BCUT2D eigenvalue weighted by atomic mass is 16.5. The number of carbonyl (C=O) groups is 3. The Hall–Kier alpha value is -3.35. The molecule has 2 amide bonds. The van der Waals surface area contributed by atoms with Gasteiger partial charge < -0.3 is 19.3 Å². The molecule has 0 fully saturated rings. The van der Waals surface area contributed by atoms with Crippen LogP contribution < -0.4 is 14.4 Å². The molecule has 33 heavy (non-hydrogen) atoms. The molecule has 0 atom stereocenters. The van der Waals surface area contributed by atoms with Crippen LogP contribution in [-0.4, -0.2) is 55.3 Å². The topological polar surface area (TPSA) is 76.2 Å². The average molecular weight is 453 g/mol. The van der Waals surface area contributed by atoms with Gasteiger partial charge in [-0.1, -0.05) is 6.07 Å². The molecule has 0 N–H and O–H groups in total. The SMILES string of the molecule is CCN(CC)C(=O)CCCN1C(=O)COc2ccc(C(=O)COc3ccc(C)c(C)c3)cc21. The molecule has 1 aliphatic heterocycles. The summed E-state index contributed by atoms with van der Waals surface area (Å²) in [6.45, 7) is 9.49. The van der Waals surface area contributed by atoms with Crippen molar-refractivity contribution in [1.29, 1.82) is 0 Å². The van der Waals surface area contributed by atoms with Crippen molar-refractivity contribution in [3.63, 3.8) is 0 Å². The van der Waals surface area contributed by atoms with Crippen LogP contribution in [0.2, 0.25) is 0 Å². The smallest absolute Gasteiger partial charge is 0.265 e. The fourth-order valence-electron chi connectivity index (χ4n) is 3.78. The average Bonchev–Trinajstić information content (AvgIpc) is 2.81. The molecule has 7 nitrogen and oxygen atoms in total. The van der Waals surface area contributed by atoms with Gasteiger partial charge in [0.05, 0.1) is 5.69 Å². The summed E-state index contributed by atoms with van der Waals surface area (Å²) in [6, 6.07) is 10.8. The number of hydrogen-bond acceptors (Lipinski definition) is 5. The van der Waals surface area contributed by atoms with E-state index in [1.807, 2.05) is 45.9 Å². The molecule has 0 saturated heterocycles. The van der Waals surface area contributed by atoms with Gasteiger partial charge in [-0.3, -0.25) is 14.4 Å². The number of nitrogens with zero attached hydrogens (tertiary/aromatic N) is 2. The second kappa shape index (κ2) is 11.0. The number of ketones is 1. The Morgan fingerprint density at radius 1 is 1.06 bits per heavy atom. The zero-order valence-corrected chi connectivity index (χ0v) is 19.8. The van der Waals surface area contributed by atoms with E-state index in [9.17, 15) is 14.4 Å². The molecule has 1 aliphatic rings. The van der Waals surface area contributed by atoms with Crippen molar-refractivity contribution in [1.82, 2.24) is 4.90 Å². The monoisotopic (exact) mass is 452 g/mol. The van der Waals surface area contributed by atoms with E-state index in [0.717, 1.165) is 11.1 Å². The van der Waals surface area contributed by atoms with Gasteiger partial charge in [0.2, 0.25) is 5.91 Å². The summed E-state index contributed by atoms with van der Waals surface area (Å²) >= 11 is 0. The predicted molar refractivity (Wildman–Crippen MR) is 127 cm³/mol. The van der Waals surface area contributed by atoms with Crippen LogP contribution in [0.3, 0.4) is 0 Å². The van der Waals surface area contributed by atoms with Crippen LogP contribution in [0.5, 0.6) is 11.5 Å². The van der Waals surface area contributed by atoms with E-state index < -0.39 is 0 Å². The van der Waals surface area contributed by atoms with Crippen molar-refractivity contribution in [2.45, 2.75) is 40.5 Å². The number of amides is 2. The van der Waals surface area contributed by atoms with Crippen molar-refractivity contribution in [3.05, 3.63) is 53.1 Å². The first-order chi connectivity index (χ1) is 15.8. The highest BCUT2D eigenvalue weighted by Crippen LogP contribution is 2.33. The highest BCUT2D eigenvalue weighted by molar-refractivity contribution is 6.02. The molecule has 0 unspecified atom stereocenters. The highest BCUT2D eigenvalue weighted by Gasteiger charge is 2.26. The number of hydrogen-bond donors (Lipinski definition) is 0. The van der Waals surface area contributed by atoms with Gasteiger partial charge in [0.25, 0.3) is 5.91 Å². The van der Waals surface area contributed by atoms with Gasteiger partial charge in [-0.2, -0.15) is 0 Å². The lowest BCUT2D eigenvalue weighted by atomic mass is 10.1. The summed E-state index contributed by atoms with van der Waals surface area (Å²) in [6.07, 6.45) is 0.901. The van der Waals surface area contributed by atoms with Crippen LogP contribution in [0.1, 0.15) is 48.2 Å². The third-order valence-electron chi connectivity index (χ3n) is 5.96. The molecule has 0 bridgehead atoms. The molecule has 2 aromatic rings. The number of benzene rings is 2. The maximum atomic E-state index is 12.8. The lowest BCUT2D eigenvalue weighted by Gasteiger charge is -2.30. The maximum absolute atomic E-state index is 12.8. The van der Waals surface area contributed by atoms with E-state index in [0.29, 0.717) is 55.2 Å². The number of anilines is 1. The number of fused-ring (bicyclic) bond motifs is 1. The summed E-state index contributed by atoms with van der Waals surface area (Å²) in [4.78, 5) is 41.0. The fourth-order valence-corrected chi connectivity index (χ4v) is 3.78. The minimum Gasteiger partial charge on any atom is -0.485 e. The number of Topliss-reactive ketones (excluding diaryl/α,β-unsaturated/α-hetero) is 1. The third kappa shape index (κ3) is 5.92. The normalized spacial score (nSPS) is 12.7. The first kappa shape index (κ1) is 24.3. The van der Waals surface area contributed by atoms with Crippen molar-refractivity contribution in [2.24, 2.45) is 0 Å². The summed E-state index contributed by atoms with van der Waals surface area (Å²) in [5.41, 5.74) is 3.25. The first-order valence-electron chi connectivity index (χ1n) is 11.4. The van der Waals surface area contributed by atoms with Crippen molar-refractivity contribution < 1.29 is 23.9 Å². The van der Waals surface area contributed by atoms with Gasteiger partial charge in [0.15, 0.2) is 19.0 Å². The van der Waals surface area contributed by atoms with E-state index in [1.54, 1.807) is 28.0 Å². The number of ether oxygens (including phenoxy) is 2. The molecule has 1 heterocycles. The zero-order valence-electron chi connectivity index (χ0n) is 19.8. The number of rotatable bonds is 10. The van der Waals surface area contributed by atoms with Gasteiger partial charge in [-0.25, -0.2) is 0 Å². The number of aryl methyl sites for hydroxylation is 2. The van der Waals surface area contributed by atoms with E-state index >= 15 is 0 Å². The first-order valence-corrected chi connectivity index (χ1v) is 11.4. The van der Waals surface area contributed by atoms with Gasteiger partial charge in [-0.05, 0) is 75.6 Å². The van der Waals surface area contributed by atoms with Crippen LogP contribution in [0.15, 0.2) is 36.4 Å². The number of carbonyl (C=O) groups excluding carboxylic acids is 3. The standard InChI is InChI=1S/C26H32N2O5/c1-5-27(6-2)25(30)8-7-13-28-22-15-20(10-12-24(22)33-17-26(28)31)23(29)16-32-21-11-9-18(3)19(4)14-21/h9-12,14-15H,5-8,13,16-17H2,1-4H3. The predicted octanol–water partition coefficient (Wildman–Crippen LogP) is 3.94. The van der Waals surface area contributed by atoms with E-state index in [1.165, 1.54) is 0 Å². The van der Waals surface area contributed by atoms with E-state index in [2.05, 4.69) is 0 Å². The second-order valence-electron chi connectivity index (χ2n) is 8.14. The summed E-state index contributed by atoms with van der Waals surface area (Å²) in [7, 11) is 0. The molecular formula is C26H32N2O5. The Labute approximate surface area is 195 Å². The molecule has 0 radical (unpaired) electrons. The van der Waals surface area contributed by atoms with Crippen LogP contribution >= 0.6 is 0 Å². The summed E-state index contributed by atoms with van der Waals surface area (Å²) in [5.74, 6) is 0.895. The van der Waals surface area contributed by atoms with Crippen molar-refractivity contribution >= 4 is 23.3 Å². The zero-order chi connectivity index (χ0) is 24.0. The summed E-state index contributed by atoms with van der Waals surface area (Å²) in [5, 5.41) is 0. The molecule has 0 saturated carbocycles. The van der Waals surface area contributed by atoms with Crippen LogP contribution in [0.25, 0.3) is 0 Å². The molecule has 0 aromatic heterocycles. The van der Waals surface area contributed by atoms with Crippen molar-refractivity contribution in [3.8, 4) is 11.5 Å². The lowest BCUT2D eigenvalue weighted by molar-refractivity contribution is -0.131. The largest absolute Gasteiger partial charge is 0.485 e. The van der Waals surface area contributed by atoms with Gasteiger partial charge in [-0.15, -0.1) is 0 Å². The second-order valence-corrected chi connectivity index (χ2v) is 8.14. The third-order valence-corrected chi connectivity index (χ3v) is 5.96. The molecule has 0 aliphatic carbocycles. The quantitative estimate of drug-likeness (QED) is 0.511. The Morgan fingerprint density at radius 2 is 1.82 bits per heavy atom. The Kier molecular flexibility index (Phi) is 8.09. The van der Waals surface area contributed by atoms with Crippen LogP contribution in [-0.2, 0) is 9.59 Å². The van der Waals surface area contributed by atoms with Gasteiger partial charge in [0, 0.05) is 31.6 Å². The molecule has 176 valence electrons. The van der Waals surface area contributed by atoms with Gasteiger partial charge in [0.1, 0.15) is 11.5 Å². The minimum atomic E-state index is -0.189. The Bertz CT molecular complexity index is 1030. The lowest BCUT2D eigenvalue weighted by Crippen LogP contribution is -2.40. The molecule has 2 aromatic carbocycles. The van der Waals surface area contributed by atoms with Crippen molar-refractivity contribution in [2.75, 3.05) is 37.7 Å². The molecule has 3 rings (SSSR count). The minimum absolute atomic E-state index is 0.0554. The van der Waals surface area contributed by atoms with E-state index in [4.69, 9.17) is 9.47 Å². The van der Waals surface area contributed by atoms with Crippen LogP contribution in [0, 0.1) is 13.8 Å². The maximum Gasteiger partial charge on any atom is 0.265 e. The van der Waals surface area contributed by atoms with Gasteiger partial charge >= 0.3 is 0 Å². The fraction of sp³-hybridized carbons (Fsp3) is 0.423. The summed E-state index contributed by atoms with van der Waals surface area (Å²) < 4.78 is 11.2. The molecular weight excluding hydrogens is 420 g/mol. The van der Waals surface area contributed by atoms with E-state index in [-0.39, 0.29) is 30.8 Å². The molecule has 0 spiro atoms.